The van der Waals surface area contributed by atoms with Crippen molar-refractivity contribution in [3.8, 4) is 0 Å². The van der Waals surface area contributed by atoms with E-state index in [1.807, 2.05) is 12.4 Å². The number of hydrogen-bond donors (Lipinski definition) is 1. The number of likely N-dealkylation sites (N-methyl/N-ethyl adjacent to an activating group) is 1. The first kappa shape index (κ1) is 13.5. The minimum absolute atomic E-state index is 0.251. The van der Waals surface area contributed by atoms with Crippen molar-refractivity contribution in [2.24, 2.45) is 17.6 Å². The first-order valence-electron chi connectivity index (χ1n) is 7.43. The lowest BCUT2D eigenvalue weighted by Gasteiger charge is -2.28. The summed E-state index contributed by atoms with van der Waals surface area (Å²) in [5.41, 5.74) is 7.31. The van der Waals surface area contributed by atoms with Crippen LogP contribution >= 0.6 is 0 Å². The summed E-state index contributed by atoms with van der Waals surface area (Å²) in [6.07, 6.45) is 5.26. The third kappa shape index (κ3) is 2.56. The van der Waals surface area contributed by atoms with E-state index >= 15 is 0 Å². The Labute approximate surface area is 120 Å². The van der Waals surface area contributed by atoms with E-state index in [-0.39, 0.29) is 6.04 Å². The predicted octanol–water partition coefficient (Wildman–Crippen LogP) is 2.82. The van der Waals surface area contributed by atoms with Crippen LogP contribution in [-0.4, -0.2) is 30.0 Å². The molecule has 0 aliphatic heterocycles. The molecule has 3 rings (SSSR count). The zero-order chi connectivity index (χ0) is 14.1. The molecule has 1 aromatic heterocycles. The summed E-state index contributed by atoms with van der Waals surface area (Å²) in [5.74, 6) is 1.72. The predicted molar refractivity (Wildman–Crippen MR) is 83.4 cm³/mol. The Kier molecular flexibility index (Phi) is 3.72. The largest absolute Gasteiger partial charge is 0.329 e. The topological polar surface area (TPSA) is 42.1 Å². The van der Waals surface area contributed by atoms with Crippen molar-refractivity contribution in [2.75, 3.05) is 20.1 Å². The van der Waals surface area contributed by atoms with Gasteiger partial charge in [-0.05, 0) is 36.3 Å². The van der Waals surface area contributed by atoms with E-state index < -0.39 is 0 Å². The van der Waals surface area contributed by atoms with Crippen molar-refractivity contribution in [1.82, 2.24) is 9.88 Å². The van der Waals surface area contributed by atoms with Gasteiger partial charge in [0.1, 0.15) is 0 Å². The number of pyridine rings is 1. The van der Waals surface area contributed by atoms with Crippen LogP contribution < -0.4 is 5.73 Å². The van der Waals surface area contributed by atoms with Gasteiger partial charge >= 0.3 is 0 Å². The third-order valence-corrected chi connectivity index (χ3v) is 4.61. The molecule has 2 aromatic rings. The molecule has 3 atom stereocenters. The molecule has 0 bridgehead atoms. The van der Waals surface area contributed by atoms with Gasteiger partial charge in [0.15, 0.2) is 0 Å². The van der Waals surface area contributed by atoms with E-state index in [0.717, 1.165) is 18.4 Å². The molecule has 20 heavy (non-hydrogen) atoms. The summed E-state index contributed by atoms with van der Waals surface area (Å²) in [7, 11) is 2.18. The molecule has 3 unspecified atom stereocenters. The zero-order valence-electron chi connectivity index (χ0n) is 12.3. The lowest BCUT2D eigenvalue weighted by atomic mass is 10.0. The Morgan fingerprint density at radius 2 is 2.10 bits per heavy atom. The van der Waals surface area contributed by atoms with Crippen molar-refractivity contribution in [3.63, 3.8) is 0 Å². The van der Waals surface area contributed by atoms with Gasteiger partial charge in [0, 0.05) is 36.9 Å². The molecule has 106 valence electrons. The van der Waals surface area contributed by atoms with Gasteiger partial charge in [-0.2, -0.15) is 0 Å². The van der Waals surface area contributed by atoms with Crippen LogP contribution in [0.2, 0.25) is 0 Å². The SMILES string of the molecule is CC1CC1CN(C)C(CN)c1cncc2ccccc12. The number of nitrogens with zero attached hydrogens (tertiary/aromatic N) is 2. The molecule has 1 aliphatic carbocycles. The molecule has 2 N–H and O–H groups in total. The van der Waals surface area contributed by atoms with Gasteiger partial charge in [0.25, 0.3) is 0 Å². The second-order valence-corrected chi connectivity index (χ2v) is 6.11. The first-order valence-corrected chi connectivity index (χ1v) is 7.43. The molecular weight excluding hydrogens is 246 g/mol. The van der Waals surface area contributed by atoms with Crippen LogP contribution in [-0.2, 0) is 0 Å². The van der Waals surface area contributed by atoms with Gasteiger partial charge in [0.2, 0.25) is 0 Å². The monoisotopic (exact) mass is 269 g/mol. The van der Waals surface area contributed by atoms with Crippen molar-refractivity contribution in [3.05, 3.63) is 42.2 Å². The standard InChI is InChI=1S/C17H23N3/c1-12-7-14(12)11-20(2)17(8-18)16-10-19-9-13-5-3-4-6-15(13)16/h3-6,9-10,12,14,17H,7-8,11,18H2,1-2H3. The first-order chi connectivity index (χ1) is 9.70. The summed E-state index contributed by atoms with van der Waals surface area (Å²) < 4.78 is 0. The molecule has 1 heterocycles. The minimum Gasteiger partial charge on any atom is -0.329 e. The van der Waals surface area contributed by atoms with E-state index in [1.54, 1.807) is 0 Å². The molecule has 3 heteroatoms. The van der Waals surface area contributed by atoms with Gasteiger partial charge in [-0.1, -0.05) is 31.2 Å². The number of aromatic nitrogens is 1. The normalized spacial score (nSPS) is 23.2. The van der Waals surface area contributed by atoms with Crippen molar-refractivity contribution in [1.29, 1.82) is 0 Å². The van der Waals surface area contributed by atoms with Crippen LogP contribution in [0.25, 0.3) is 10.8 Å². The number of benzene rings is 1. The van der Waals surface area contributed by atoms with Gasteiger partial charge in [-0.3, -0.25) is 9.88 Å². The number of nitrogens with two attached hydrogens (primary N) is 1. The smallest absolute Gasteiger partial charge is 0.0488 e. The lowest BCUT2D eigenvalue weighted by molar-refractivity contribution is 0.238. The lowest BCUT2D eigenvalue weighted by Crippen LogP contribution is -2.32. The maximum atomic E-state index is 6.06. The molecule has 0 radical (unpaired) electrons. The molecule has 0 saturated heterocycles. The maximum absolute atomic E-state index is 6.06. The summed E-state index contributed by atoms with van der Waals surface area (Å²) in [5, 5.41) is 2.46. The highest BCUT2D eigenvalue weighted by Gasteiger charge is 2.34. The fourth-order valence-corrected chi connectivity index (χ4v) is 3.10. The van der Waals surface area contributed by atoms with Crippen LogP contribution in [0, 0.1) is 11.8 Å². The number of hydrogen-bond acceptors (Lipinski definition) is 3. The van der Waals surface area contributed by atoms with Crippen LogP contribution in [0.15, 0.2) is 36.7 Å². The highest BCUT2D eigenvalue weighted by molar-refractivity contribution is 5.85. The zero-order valence-corrected chi connectivity index (χ0v) is 12.3. The highest BCUT2D eigenvalue weighted by atomic mass is 15.1. The van der Waals surface area contributed by atoms with Crippen LogP contribution in [0.4, 0.5) is 0 Å². The molecule has 1 aromatic carbocycles. The highest BCUT2D eigenvalue weighted by Crippen LogP contribution is 2.39. The number of fused-ring (bicyclic) bond motifs is 1. The molecule has 3 nitrogen and oxygen atoms in total. The summed E-state index contributed by atoms with van der Waals surface area (Å²) in [4.78, 5) is 6.79. The van der Waals surface area contributed by atoms with E-state index in [4.69, 9.17) is 5.73 Å². The van der Waals surface area contributed by atoms with Crippen molar-refractivity contribution >= 4 is 10.8 Å². The Balaban J connectivity index is 1.90. The Morgan fingerprint density at radius 1 is 1.35 bits per heavy atom. The molecule has 1 saturated carbocycles. The summed E-state index contributed by atoms with van der Waals surface area (Å²) >= 11 is 0. The van der Waals surface area contributed by atoms with Crippen molar-refractivity contribution in [2.45, 2.75) is 19.4 Å². The Hall–Kier alpha value is -1.45. The van der Waals surface area contributed by atoms with Crippen LogP contribution in [0.1, 0.15) is 24.9 Å². The average Bonchev–Trinajstić information content (AvgIpc) is 3.15. The van der Waals surface area contributed by atoms with Gasteiger partial charge < -0.3 is 5.73 Å². The molecule has 1 fully saturated rings. The van der Waals surface area contributed by atoms with E-state index in [9.17, 15) is 0 Å². The number of rotatable bonds is 5. The minimum atomic E-state index is 0.251. The van der Waals surface area contributed by atoms with E-state index in [0.29, 0.717) is 6.54 Å². The molecular formula is C17H23N3. The van der Waals surface area contributed by atoms with Crippen molar-refractivity contribution < 1.29 is 0 Å². The maximum Gasteiger partial charge on any atom is 0.0488 e. The second kappa shape index (κ2) is 5.51. The fourth-order valence-electron chi connectivity index (χ4n) is 3.10. The molecule has 1 aliphatic rings. The second-order valence-electron chi connectivity index (χ2n) is 6.11. The van der Waals surface area contributed by atoms with Gasteiger partial charge in [-0.25, -0.2) is 0 Å². The van der Waals surface area contributed by atoms with Gasteiger partial charge in [-0.15, -0.1) is 0 Å². The molecule has 0 spiro atoms. The van der Waals surface area contributed by atoms with E-state index in [2.05, 4.69) is 48.1 Å². The van der Waals surface area contributed by atoms with Crippen LogP contribution in [0.3, 0.4) is 0 Å². The Bertz CT molecular complexity index is 590. The quantitative estimate of drug-likeness (QED) is 0.907. The molecule has 0 amide bonds. The van der Waals surface area contributed by atoms with Crippen LogP contribution in [0.5, 0.6) is 0 Å². The summed E-state index contributed by atoms with van der Waals surface area (Å²) in [6.45, 7) is 4.09. The van der Waals surface area contributed by atoms with Gasteiger partial charge in [0.05, 0.1) is 0 Å². The fraction of sp³-hybridized carbons (Fsp3) is 0.471. The summed E-state index contributed by atoms with van der Waals surface area (Å²) in [6, 6.07) is 8.68. The van der Waals surface area contributed by atoms with E-state index in [1.165, 1.54) is 22.8 Å². The Morgan fingerprint density at radius 3 is 2.80 bits per heavy atom. The average molecular weight is 269 g/mol. The third-order valence-electron chi connectivity index (χ3n) is 4.61.